The lowest BCUT2D eigenvalue weighted by Gasteiger charge is -1.99. The van der Waals surface area contributed by atoms with Crippen LogP contribution in [0.25, 0.3) is 0 Å². The highest BCUT2D eigenvalue weighted by molar-refractivity contribution is 7.46. The van der Waals surface area contributed by atoms with Gasteiger partial charge >= 0.3 is 7.82 Å². The minimum absolute atomic E-state index is 0.228. The smallest absolute Gasteiger partial charge is 0.382 e. The predicted octanol–water partition coefficient (Wildman–Crippen LogP) is -0.724. The molecule has 0 spiro atoms. The van der Waals surface area contributed by atoms with Crippen LogP contribution in [-0.4, -0.2) is 25.2 Å². The molecule has 1 rings (SSSR count). The lowest BCUT2D eigenvalue weighted by Crippen LogP contribution is -1.89. The molecular weight excluding hydrogens is 161 g/mol. The third-order valence-corrected chi connectivity index (χ3v) is 1.03. The van der Waals surface area contributed by atoms with Crippen LogP contribution in [0.5, 0.6) is 5.88 Å². The molecule has 0 bridgehead atoms. The summed E-state index contributed by atoms with van der Waals surface area (Å²) >= 11 is 0. The van der Waals surface area contributed by atoms with Crippen molar-refractivity contribution in [3.05, 3.63) is 6.20 Å². The highest BCUT2D eigenvalue weighted by Gasteiger charge is 2.16. The zero-order chi connectivity index (χ0) is 7.61. The lowest BCUT2D eigenvalue weighted by atomic mass is 10.9. The Morgan fingerprint density at radius 3 is 2.80 bits per heavy atom. The molecule has 7 nitrogen and oxygen atoms in total. The zero-order valence-electron chi connectivity index (χ0n) is 4.63. The molecule has 0 unspecified atom stereocenters. The zero-order valence-corrected chi connectivity index (χ0v) is 5.52. The Hall–Kier alpha value is -0.910. The normalized spacial score (nSPS) is 11.4. The van der Waals surface area contributed by atoms with Crippen LogP contribution >= 0.6 is 7.82 Å². The van der Waals surface area contributed by atoms with Crippen LogP contribution in [0, 0.1) is 0 Å². The number of rotatable bonds is 2. The van der Waals surface area contributed by atoms with Gasteiger partial charge in [-0.1, -0.05) is 10.3 Å². The quantitative estimate of drug-likeness (QED) is 0.499. The first-order valence-corrected chi connectivity index (χ1v) is 3.72. The summed E-state index contributed by atoms with van der Waals surface area (Å²) < 4.78 is 14.1. The number of phosphoric acid groups is 1. The van der Waals surface area contributed by atoms with Crippen molar-refractivity contribution in [2.75, 3.05) is 0 Å². The molecule has 0 atom stereocenters. The molecule has 0 aliphatic carbocycles. The molecule has 0 radical (unpaired) electrons. The van der Waals surface area contributed by atoms with Crippen molar-refractivity contribution in [1.29, 1.82) is 0 Å². The van der Waals surface area contributed by atoms with Crippen molar-refractivity contribution in [1.82, 2.24) is 15.4 Å². The van der Waals surface area contributed by atoms with Gasteiger partial charge in [0, 0.05) is 0 Å². The molecule has 0 aromatic carbocycles. The number of H-pyrrole nitrogens is 1. The topological polar surface area (TPSA) is 108 Å². The Bertz CT molecular complexity index is 239. The fourth-order valence-electron chi connectivity index (χ4n) is 0.358. The molecule has 3 N–H and O–H groups in total. The van der Waals surface area contributed by atoms with Crippen LogP contribution in [0.15, 0.2) is 6.20 Å². The van der Waals surface area contributed by atoms with E-state index in [1.165, 1.54) is 0 Å². The average molecular weight is 165 g/mol. The fourth-order valence-corrected chi connectivity index (χ4v) is 0.690. The molecule has 1 heterocycles. The van der Waals surface area contributed by atoms with Crippen molar-refractivity contribution in [2.24, 2.45) is 0 Å². The number of phosphoric ester groups is 1. The molecule has 0 aliphatic heterocycles. The molecule has 1 aromatic rings. The maximum absolute atomic E-state index is 10.1. The van der Waals surface area contributed by atoms with Gasteiger partial charge in [0.1, 0.15) is 0 Å². The Labute approximate surface area is 55.3 Å². The Balaban J connectivity index is 2.66. The number of nitrogens with zero attached hydrogens (tertiary/aromatic N) is 2. The first-order chi connectivity index (χ1) is 4.58. The van der Waals surface area contributed by atoms with Crippen molar-refractivity contribution >= 4 is 7.82 Å². The lowest BCUT2D eigenvalue weighted by molar-refractivity contribution is 0.279. The molecule has 0 saturated carbocycles. The second-order valence-corrected chi connectivity index (χ2v) is 2.56. The predicted molar refractivity (Wildman–Crippen MR) is 29.1 cm³/mol. The molecule has 10 heavy (non-hydrogen) atoms. The van der Waals surface area contributed by atoms with E-state index in [1.54, 1.807) is 0 Å². The molecule has 0 saturated heterocycles. The first kappa shape index (κ1) is 7.20. The van der Waals surface area contributed by atoms with Gasteiger partial charge < -0.3 is 4.52 Å². The summed E-state index contributed by atoms with van der Waals surface area (Å²) in [6, 6.07) is 0. The number of hydrogen-bond donors (Lipinski definition) is 3. The minimum atomic E-state index is -4.48. The largest absolute Gasteiger partial charge is 0.526 e. The number of aromatic nitrogens is 3. The molecule has 1 aromatic heterocycles. The van der Waals surface area contributed by atoms with Gasteiger partial charge in [-0.2, -0.15) is 0 Å². The van der Waals surface area contributed by atoms with Gasteiger partial charge in [0.05, 0.1) is 6.20 Å². The second-order valence-electron chi connectivity index (χ2n) is 1.39. The van der Waals surface area contributed by atoms with E-state index >= 15 is 0 Å². The summed E-state index contributed by atoms with van der Waals surface area (Å²) in [5, 5.41) is 8.57. The monoisotopic (exact) mass is 165 g/mol. The van der Waals surface area contributed by atoms with Crippen LogP contribution in [0.4, 0.5) is 0 Å². The van der Waals surface area contributed by atoms with Crippen LogP contribution in [0.3, 0.4) is 0 Å². The highest BCUT2D eigenvalue weighted by Crippen LogP contribution is 2.35. The second kappa shape index (κ2) is 2.37. The highest BCUT2D eigenvalue weighted by atomic mass is 31.2. The summed E-state index contributed by atoms with van der Waals surface area (Å²) in [6.07, 6.45) is 1.12. The molecule has 0 amide bonds. The van der Waals surface area contributed by atoms with Gasteiger partial charge in [-0.15, -0.1) is 0 Å². The Morgan fingerprint density at radius 2 is 2.40 bits per heavy atom. The minimum Gasteiger partial charge on any atom is -0.382 e. The summed E-state index contributed by atoms with van der Waals surface area (Å²) in [4.78, 5) is 16.4. The summed E-state index contributed by atoms with van der Waals surface area (Å²) in [7, 11) is -4.48. The van der Waals surface area contributed by atoms with E-state index in [-0.39, 0.29) is 5.88 Å². The number of hydrogen-bond acceptors (Lipinski definition) is 4. The third kappa shape index (κ3) is 2.14. The Kier molecular flexibility index (Phi) is 1.71. The van der Waals surface area contributed by atoms with E-state index < -0.39 is 7.82 Å². The van der Waals surface area contributed by atoms with Gasteiger partial charge in [-0.05, 0) is 0 Å². The van der Waals surface area contributed by atoms with Gasteiger partial charge in [0.25, 0.3) is 5.88 Å². The molecular formula is C2H4N3O4P. The van der Waals surface area contributed by atoms with E-state index in [0.29, 0.717) is 0 Å². The maximum atomic E-state index is 10.1. The number of aromatic amines is 1. The Morgan fingerprint density at radius 1 is 1.70 bits per heavy atom. The standard InChI is InChI=1S/C2H4N3O4P/c6-10(7,8)9-2-1-3-5-4-2/h1H,(H,3,4,5)(H2,6,7,8). The van der Waals surface area contributed by atoms with Crippen molar-refractivity contribution in [3.8, 4) is 5.88 Å². The van der Waals surface area contributed by atoms with E-state index in [4.69, 9.17) is 9.79 Å². The van der Waals surface area contributed by atoms with Crippen LogP contribution < -0.4 is 4.52 Å². The van der Waals surface area contributed by atoms with Gasteiger partial charge in [0.2, 0.25) is 0 Å². The summed E-state index contributed by atoms with van der Waals surface area (Å²) in [5.41, 5.74) is 0. The van der Waals surface area contributed by atoms with E-state index in [0.717, 1.165) is 6.20 Å². The number of nitrogens with one attached hydrogen (secondary N) is 1. The molecule has 8 heteroatoms. The van der Waals surface area contributed by atoms with E-state index in [2.05, 4.69) is 19.9 Å². The average Bonchev–Trinajstić information content (AvgIpc) is 2.12. The van der Waals surface area contributed by atoms with E-state index in [1.807, 2.05) is 0 Å². The van der Waals surface area contributed by atoms with Crippen LogP contribution in [0.1, 0.15) is 0 Å². The maximum Gasteiger partial charge on any atom is 0.526 e. The van der Waals surface area contributed by atoms with Gasteiger partial charge in [0.15, 0.2) is 0 Å². The molecule has 56 valence electrons. The summed E-state index contributed by atoms with van der Waals surface area (Å²) in [5.74, 6) is -0.228. The van der Waals surface area contributed by atoms with Crippen LogP contribution in [0.2, 0.25) is 0 Å². The third-order valence-electron chi connectivity index (χ3n) is 0.607. The molecule has 0 fully saturated rings. The van der Waals surface area contributed by atoms with Crippen LogP contribution in [-0.2, 0) is 4.57 Å². The van der Waals surface area contributed by atoms with Crippen molar-refractivity contribution < 1.29 is 18.9 Å². The SMILES string of the molecule is O=P(O)(O)Oc1c[nH]nn1. The van der Waals surface area contributed by atoms with Gasteiger partial charge in [-0.3, -0.25) is 14.9 Å². The first-order valence-electron chi connectivity index (χ1n) is 2.19. The fraction of sp³-hybridized carbons (Fsp3) is 0. The van der Waals surface area contributed by atoms with Gasteiger partial charge in [-0.25, -0.2) is 4.57 Å². The molecule has 0 aliphatic rings. The van der Waals surface area contributed by atoms with Crippen molar-refractivity contribution in [3.63, 3.8) is 0 Å². The van der Waals surface area contributed by atoms with Crippen molar-refractivity contribution in [2.45, 2.75) is 0 Å². The summed E-state index contributed by atoms with van der Waals surface area (Å²) in [6.45, 7) is 0. The van der Waals surface area contributed by atoms with E-state index in [9.17, 15) is 4.57 Å².